The first-order valence-corrected chi connectivity index (χ1v) is 13.1. The Morgan fingerprint density at radius 2 is 1.95 bits per heavy atom. The molecule has 1 heterocycles. The van der Waals surface area contributed by atoms with Crippen molar-refractivity contribution in [3.05, 3.63) is 53.7 Å². The van der Waals surface area contributed by atoms with Gasteiger partial charge in [-0.25, -0.2) is 4.98 Å². The summed E-state index contributed by atoms with van der Waals surface area (Å²) in [6.45, 7) is 3.50. The van der Waals surface area contributed by atoms with Gasteiger partial charge in [-0.15, -0.1) is 0 Å². The predicted molar refractivity (Wildman–Crippen MR) is 153 cm³/mol. The van der Waals surface area contributed by atoms with Crippen LogP contribution in [0.2, 0.25) is 0 Å². The van der Waals surface area contributed by atoms with Crippen LogP contribution in [0.1, 0.15) is 37.3 Å². The third-order valence-corrected chi connectivity index (χ3v) is 5.54. The van der Waals surface area contributed by atoms with Gasteiger partial charge in [0.05, 0.1) is 17.3 Å². The van der Waals surface area contributed by atoms with E-state index >= 15 is 0 Å². The second kappa shape index (κ2) is 16.2. The van der Waals surface area contributed by atoms with E-state index in [-0.39, 0.29) is 17.5 Å². The number of unbranched alkanes of at least 4 members (excludes halogenated alkanes) is 1. The van der Waals surface area contributed by atoms with Gasteiger partial charge in [0.15, 0.2) is 6.17 Å². The van der Waals surface area contributed by atoms with Gasteiger partial charge in [0.1, 0.15) is 5.82 Å². The molecule has 13 heteroatoms. The number of amides is 2. The summed E-state index contributed by atoms with van der Waals surface area (Å²) in [4.78, 5) is 36.1. The highest BCUT2D eigenvalue weighted by atomic mass is 19.4. The molecule has 0 saturated heterocycles. The largest absolute Gasteiger partial charge is 0.416 e. The van der Waals surface area contributed by atoms with Crippen LogP contribution in [0.25, 0.3) is 0 Å². The smallest absolute Gasteiger partial charge is 0.369 e. The molecule has 10 nitrogen and oxygen atoms in total. The standard InChI is InChI=1S/C28H37F3N8O2/c1-5-15-33-25-20(19-35-27(37-25)36-22-13-9-12-21(18-22)28(29,30)31)11-7-6-8-16-34-26(41)24(32)39(4)23(40)14-10-17-38(2)3/h9-10,12-14,18-19,24H,5-6,8,15-17,32H2,1-4H3,(H,34,41)(H2,33,35,36,37)/b14-10+/t24-/m1/s1. The van der Waals surface area contributed by atoms with Crippen molar-refractivity contribution < 1.29 is 22.8 Å². The molecule has 0 unspecified atom stereocenters. The number of aromatic nitrogens is 2. The number of carbonyl (C=O) groups is 2. The fourth-order valence-electron chi connectivity index (χ4n) is 3.26. The van der Waals surface area contributed by atoms with Crippen LogP contribution in [0.5, 0.6) is 0 Å². The number of likely N-dealkylation sites (N-methyl/N-ethyl adjacent to an activating group) is 2. The molecule has 1 aromatic heterocycles. The molecule has 0 saturated carbocycles. The molecule has 0 radical (unpaired) electrons. The van der Waals surface area contributed by atoms with Gasteiger partial charge in [-0.1, -0.05) is 30.9 Å². The number of hydrogen-bond donors (Lipinski definition) is 4. The number of nitrogens with zero attached hydrogens (tertiary/aromatic N) is 4. The van der Waals surface area contributed by atoms with Crippen molar-refractivity contribution in [1.82, 2.24) is 25.1 Å². The Morgan fingerprint density at radius 1 is 1.20 bits per heavy atom. The molecule has 2 amide bonds. The van der Waals surface area contributed by atoms with Crippen LogP contribution in [0.15, 0.2) is 42.6 Å². The topological polar surface area (TPSA) is 129 Å². The Bertz CT molecular complexity index is 1250. The molecule has 0 aliphatic heterocycles. The van der Waals surface area contributed by atoms with Crippen molar-refractivity contribution in [2.75, 3.05) is 51.4 Å². The average Bonchev–Trinajstić information content (AvgIpc) is 2.92. The van der Waals surface area contributed by atoms with Crippen LogP contribution in [-0.2, 0) is 15.8 Å². The highest BCUT2D eigenvalue weighted by Gasteiger charge is 2.30. The quantitative estimate of drug-likeness (QED) is 0.124. The van der Waals surface area contributed by atoms with E-state index in [1.165, 1.54) is 31.5 Å². The van der Waals surface area contributed by atoms with Gasteiger partial charge in [-0.05, 0) is 45.1 Å². The first kappa shape index (κ1) is 33.1. The fraction of sp³-hybridized carbons (Fsp3) is 0.429. The van der Waals surface area contributed by atoms with Gasteiger partial charge in [0.25, 0.3) is 5.91 Å². The summed E-state index contributed by atoms with van der Waals surface area (Å²) in [6, 6.07) is 4.78. The Labute approximate surface area is 238 Å². The van der Waals surface area contributed by atoms with Crippen molar-refractivity contribution in [1.29, 1.82) is 0 Å². The maximum atomic E-state index is 13.0. The minimum Gasteiger partial charge on any atom is -0.369 e. The van der Waals surface area contributed by atoms with E-state index in [9.17, 15) is 22.8 Å². The van der Waals surface area contributed by atoms with Gasteiger partial charge in [-0.3, -0.25) is 9.59 Å². The van der Waals surface area contributed by atoms with E-state index in [2.05, 4.69) is 37.8 Å². The fourth-order valence-corrected chi connectivity index (χ4v) is 3.26. The average molecular weight is 575 g/mol. The molecule has 222 valence electrons. The number of rotatable bonds is 13. The summed E-state index contributed by atoms with van der Waals surface area (Å²) in [5, 5.41) is 8.66. The van der Waals surface area contributed by atoms with Gasteiger partial charge < -0.3 is 31.5 Å². The lowest BCUT2D eigenvalue weighted by Crippen LogP contribution is -2.52. The summed E-state index contributed by atoms with van der Waals surface area (Å²) < 4.78 is 39.1. The molecule has 0 bridgehead atoms. The Hall–Kier alpha value is -4.15. The van der Waals surface area contributed by atoms with Crippen LogP contribution < -0.4 is 21.7 Å². The second-order valence-electron chi connectivity index (χ2n) is 9.34. The normalized spacial score (nSPS) is 12.0. The number of alkyl halides is 3. The van der Waals surface area contributed by atoms with Crippen molar-refractivity contribution in [3.63, 3.8) is 0 Å². The zero-order valence-electron chi connectivity index (χ0n) is 23.7. The zero-order valence-corrected chi connectivity index (χ0v) is 23.7. The summed E-state index contributed by atoms with van der Waals surface area (Å²) in [6.07, 6.45) is 0.802. The van der Waals surface area contributed by atoms with Crippen LogP contribution in [0.3, 0.4) is 0 Å². The minimum atomic E-state index is -4.46. The van der Waals surface area contributed by atoms with Gasteiger partial charge in [0, 0.05) is 44.9 Å². The molecule has 41 heavy (non-hydrogen) atoms. The van der Waals surface area contributed by atoms with Gasteiger partial charge >= 0.3 is 6.18 Å². The van der Waals surface area contributed by atoms with Gasteiger partial charge in [0.2, 0.25) is 11.9 Å². The van der Waals surface area contributed by atoms with Crippen LogP contribution in [0.4, 0.5) is 30.6 Å². The number of nitrogens with one attached hydrogen (secondary N) is 3. The predicted octanol–water partition coefficient (Wildman–Crippen LogP) is 3.17. The second-order valence-corrected chi connectivity index (χ2v) is 9.34. The van der Waals surface area contributed by atoms with Crippen LogP contribution >= 0.6 is 0 Å². The van der Waals surface area contributed by atoms with Crippen LogP contribution in [-0.4, -0.2) is 78.5 Å². The monoisotopic (exact) mass is 574 g/mol. The van der Waals surface area contributed by atoms with Crippen LogP contribution in [0, 0.1) is 11.8 Å². The SMILES string of the molecule is CCCNc1nc(Nc2cccc(C(F)(F)F)c2)ncc1C#CCCCNC(=O)[C@H](N)N(C)C(=O)/C=C/CN(C)C. The minimum absolute atomic E-state index is 0.129. The van der Waals surface area contributed by atoms with E-state index in [0.717, 1.165) is 23.5 Å². The van der Waals surface area contributed by atoms with Crippen molar-refractivity contribution in [2.45, 2.75) is 38.5 Å². The number of halogens is 3. The molecular formula is C28H37F3N8O2. The molecule has 0 aliphatic carbocycles. The highest BCUT2D eigenvalue weighted by Crippen LogP contribution is 2.31. The summed E-state index contributed by atoms with van der Waals surface area (Å²) in [7, 11) is 5.21. The maximum absolute atomic E-state index is 13.0. The molecule has 0 fully saturated rings. The molecule has 1 atom stereocenters. The third kappa shape index (κ3) is 11.5. The molecule has 5 N–H and O–H groups in total. The van der Waals surface area contributed by atoms with E-state index in [0.29, 0.717) is 43.9 Å². The first-order valence-electron chi connectivity index (χ1n) is 13.1. The summed E-state index contributed by atoms with van der Waals surface area (Å²) >= 11 is 0. The lowest BCUT2D eigenvalue weighted by molar-refractivity contribution is -0.137. The van der Waals surface area contributed by atoms with E-state index in [1.54, 1.807) is 6.08 Å². The molecule has 1 aromatic carbocycles. The van der Waals surface area contributed by atoms with Crippen molar-refractivity contribution in [2.24, 2.45) is 5.73 Å². The van der Waals surface area contributed by atoms with E-state index in [4.69, 9.17) is 5.73 Å². The maximum Gasteiger partial charge on any atom is 0.416 e. The highest BCUT2D eigenvalue weighted by molar-refractivity contribution is 5.92. The number of benzene rings is 1. The van der Waals surface area contributed by atoms with Gasteiger partial charge in [-0.2, -0.15) is 18.2 Å². The number of carbonyl (C=O) groups excluding carboxylic acids is 2. The molecule has 0 spiro atoms. The Kier molecular flexibility index (Phi) is 13.1. The van der Waals surface area contributed by atoms with Crippen molar-refractivity contribution >= 4 is 29.3 Å². The third-order valence-electron chi connectivity index (χ3n) is 5.54. The summed E-state index contributed by atoms with van der Waals surface area (Å²) in [5.41, 5.74) is 5.86. The Balaban J connectivity index is 1.93. The van der Waals surface area contributed by atoms with E-state index in [1.807, 2.05) is 25.9 Å². The molecule has 2 aromatic rings. The lowest BCUT2D eigenvalue weighted by atomic mass is 10.2. The molecule has 2 rings (SSSR count). The Morgan fingerprint density at radius 3 is 2.63 bits per heavy atom. The molecular weight excluding hydrogens is 537 g/mol. The lowest BCUT2D eigenvalue weighted by Gasteiger charge is -2.22. The number of hydrogen-bond acceptors (Lipinski definition) is 8. The van der Waals surface area contributed by atoms with E-state index < -0.39 is 23.8 Å². The zero-order chi connectivity index (χ0) is 30.4. The number of nitrogens with two attached hydrogens (primary N) is 1. The summed E-state index contributed by atoms with van der Waals surface area (Å²) in [5.74, 6) is 5.75. The number of anilines is 3. The first-order chi connectivity index (χ1) is 19.4. The van der Waals surface area contributed by atoms with Crippen molar-refractivity contribution in [3.8, 4) is 11.8 Å². The molecule has 0 aliphatic rings.